The van der Waals surface area contributed by atoms with E-state index in [1.807, 2.05) is 48.6 Å². The molecular weight excluding hydrogens is 785 g/mol. The molecule has 4 nitrogen and oxygen atoms in total. The molecule has 334 valence electrons. The van der Waals surface area contributed by atoms with Crippen LogP contribution in [-0.4, -0.2) is 20.4 Å². The summed E-state index contributed by atoms with van der Waals surface area (Å²) in [7, 11) is 0. The summed E-state index contributed by atoms with van der Waals surface area (Å²) in [6.45, 7) is 25.6. The quantitative estimate of drug-likeness (QED) is 0.0746. The lowest BCUT2D eigenvalue weighted by atomic mass is 9.56. The highest BCUT2D eigenvalue weighted by Gasteiger charge is 2.46. The Hall–Kier alpha value is -5.74. The average molecular weight is 855 g/mol. The van der Waals surface area contributed by atoms with E-state index < -0.39 is 0 Å². The van der Waals surface area contributed by atoms with Gasteiger partial charge in [0.05, 0.1) is 0 Å². The lowest BCUT2D eigenvalue weighted by Crippen LogP contribution is -2.40. The van der Waals surface area contributed by atoms with Crippen LogP contribution in [0.5, 0.6) is 23.0 Å². The van der Waals surface area contributed by atoms with Gasteiger partial charge in [-0.15, -0.1) is 26.3 Å². The zero-order valence-electron chi connectivity index (χ0n) is 38.8. The van der Waals surface area contributed by atoms with Gasteiger partial charge in [0.2, 0.25) is 0 Å². The number of hydrogen-bond donors (Lipinski definition) is 4. The van der Waals surface area contributed by atoms with Crippen molar-refractivity contribution in [1.82, 2.24) is 0 Å². The van der Waals surface area contributed by atoms with Gasteiger partial charge in [-0.1, -0.05) is 125 Å². The van der Waals surface area contributed by atoms with Crippen molar-refractivity contribution in [3.63, 3.8) is 0 Å². The minimum atomic E-state index is -0.263. The van der Waals surface area contributed by atoms with Crippen LogP contribution in [0, 0.1) is 11.8 Å². The molecule has 2 saturated carbocycles. The second-order valence-corrected chi connectivity index (χ2v) is 20.1. The van der Waals surface area contributed by atoms with Crippen LogP contribution in [0.25, 0.3) is 0 Å². The summed E-state index contributed by atoms with van der Waals surface area (Å²) in [5.41, 5.74) is 10.5. The Kier molecular flexibility index (Phi) is 13.6. The van der Waals surface area contributed by atoms with Gasteiger partial charge in [0.15, 0.2) is 0 Å². The number of benzene rings is 5. The van der Waals surface area contributed by atoms with Crippen LogP contribution in [-0.2, 0) is 47.3 Å². The molecule has 0 radical (unpaired) electrons. The van der Waals surface area contributed by atoms with Crippen LogP contribution < -0.4 is 0 Å². The minimum Gasteiger partial charge on any atom is -0.508 e. The highest BCUT2D eigenvalue weighted by atomic mass is 16.3. The highest BCUT2D eigenvalue weighted by Crippen LogP contribution is 2.55. The third-order valence-corrected chi connectivity index (χ3v) is 16.1. The molecular formula is C60H70O4. The molecule has 0 amide bonds. The summed E-state index contributed by atoms with van der Waals surface area (Å²) in [4.78, 5) is 0. The highest BCUT2D eigenvalue weighted by molar-refractivity contribution is 5.51. The first kappa shape index (κ1) is 46.3. The summed E-state index contributed by atoms with van der Waals surface area (Å²) in [6.07, 6.45) is 17.8. The lowest BCUT2D eigenvalue weighted by molar-refractivity contribution is 0.184. The van der Waals surface area contributed by atoms with Gasteiger partial charge in [0, 0.05) is 10.8 Å². The second kappa shape index (κ2) is 18.8. The average Bonchev–Trinajstić information content (AvgIpc) is 3.29. The summed E-state index contributed by atoms with van der Waals surface area (Å²) in [6, 6.07) is 34.0. The number of phenolic OH excluding ortho intramolecular Hbond substituents is 4. The van der Waals surface area contributed by atoms with Crippen molar-refractivity contribution in [1.29, 1.82) is 0 Å². The van der Waals surface area contributed by atoms with Crippen molar-refractivity contribution in [2.24, 2.45) is 11.8 Å². The van der Waals surface area contributed by atoms with Crippen LogP contribution in [0.2, 0.25) is 0 Å². The molecule has 2 fully saturated rings. The lowest BCUT2D eigenvalue weighted by Gasteiger charge is -2.47. The van der Waals surface area contributed by atoms with E-state index in [1.54, 1.807) is 0 Å². The maximum Gasteiger partial charge on any atom is 0.119 e. The molecule has 4 N–H and O–H groups in total. The van der Waals surface area contributed by atoms with E-state index in [9.17, 15) is 20.4 Å². The summed E-state index contributed by atoms with van der Waals surface area (Å²) >= 11 is 0. The number of allylic oxidation sites excluding steroid dienone is 4. The van der Waals surface area contributed by atoms with Gasteiger partial charge in [-0.25, -0.2) is 0 Å². The maximum atomic E-state index is 10.8. The van der Waals surface area contributed by atoms with Crippen molar-refractivity contribution in [3.05, 3.63) is 203 Å². The fraction of sp³-hybridized carbons (Fsp3) is 0.367. The molecule has 5 aromatic rings. The van der Waals surface area contributed by atoms with Gasteiger partial charge >= 0.3 is 0 Å². The largest absolute Gasteiger partial charge is 0.508 e. The van der Waals surface area contributed by atoms with Gasteiger partial charge in [0.1, 0.15) is 23.0 Å². The molecule has 0 saturated heterocycles. The minimum absolute atomic E-state index is 0.0735. The van der Waals surface area contributed by atoms with Gasteiger partial charge < -0.3 is 20.4 Å². The van der Waals surface area contributed by atoms with Gasteiger partial charge in [0.25, 0.3) is 0 Å². The molecule has 2 aliphatic carbocycles. The van der Waals surface area contributed by atoms with Crippen molar-refractivity contribution >= 4 is 0 Å². The van der Waals surface area contributed by atoms with E-state index in [0.29, 0.717) is 60.5 Å². The Morgan fingerprint density at radius 3 is 0.953 bits per heavy atom. The molecule has 5 aromatic carbocycles. The van der Waals surface area contributed by atoms with Crippen LogP contribution >= 0.6 is 0 Å². The van der Waals surface area contributed by atoms with Crippen molar-refractivity contribution < 1.29 is 20.4 Å². The third-order valence-electron chi connectivity index (χ3n) is 16.1. The summed E-state index contributed by atoms with van der Waals surface area (Å²) < 4.78 is 0. The number of rotatable bonds is 16. The molecule has 64 heavy (non-hydrogen) atoms. The maximum absolute atomic E-state index is 10.8. The smallest absolute Gasteiger partial charge is 0.119 e. The number of aromatic hydroxyl groups is 4. The molecule has 0 aromatic heterocycles. The molecule has 0 aliphatic heterocycles. The molecule has 0 spiro atoms. The van der Waals surface area contributed by atoms with Crippen molar-refractivity contribution in [3.8, 4) is 23.0 Å². The monoisotopic (exact) mass is 855 g/mol. The van der Waals surface area contributed by atoms with Gasteiger partial charge in [-0.3, -0.25) is 0 Å². The molecule has 4 heteroatoms. The molecule has 7 rings (SSSR count). The predicted molar refractivity (Wildman–Crippen MR) is 266 cm³/mol. The number of hydrogen-bond acceptors (Lipinski definition) is 4. The fourth-order valence-corrected chi connectivity index (χ4v) is 11.8. The molecule has 0 heterocycles. The third kappa shape index (κ3) is 8.73. The first-order chi connectivity index (χ1) is 30.6. The van der Waals surface area contributed by atoms with E-state index in [0.717, 1.165) is 73.6 Å². The Labute approximate surface area is 383 Å². The van der Waals surface area contributed by atoms with E-state index in [-0.39, 0.29) is 21.7 Å². The Bertz CT molecular complexity index is 2210. The first-order valence-electron chi connectivity index (χ1n) is 23.5. The molecule has 0 atom stereocenters. The van der Waals surface area contributed by atoms with Gasteiger partial charge in [-0.05, 0) is 180 Å². The standard InChI is InChI=1S/C60H70O4/c1-9-14-41-36-49(20-24-53(41)61)59(50-21-25-54(62)42(37-50)15-10-2)32-28-45(29-33-59)57(5,6)47-18-13-19-48(40-47)58(7,8)46-30-34-60(35-31-46,51-22-26-55(63)43(38-51)16-11-3)52-23-27-56(64)44(39-52)17-12-4/h9-13,18-27,36-40,45-46,61-64H,1-4,14-17,28-35H2,5-8H3. The Morgan fingerprint density at radius 1 is 0.438 bits per heavy atom. The van der Waals surface area contributed by atoms with Crippen LogP contribution in [0.3, 0.4) is 0 Å². The zero-order valence-corrected chi connectivity index (χ0v) is 38.8. The first-order valence-corrected chi connectivity index (χ1v) is 23.5. The Morgan fingerprint density at radius 2 is 0.703 bits per heavy atom. The van der Waals surface area contributed by atoms with Crippen LogP contribution in [0.15, 0.2) is 148 Å². The van der Waals surface area contributed by atoms with Gasteiger partial charge in [-0.2, -0.15) is 0 Å². The Balaban J connectivity index is 1.16. The van der Waals surface area contributed by atoms with E-state index in [2.05, 4.69) is 127 Å². The van der Waals surface area contributed by atoms with E-state index >= 15 is 0 Å². The zero-order chi connectivity index (χ0) is 45.9. The van der Waals surface area contributed by atoms with E-state index in [1.165, 1.54) is 33.4 Å². The molecule has 0 unspecified atom stereocenters. The van der Waals surface area contributed by atoms with E-state index in [4.69, 9.17) is 0 Å². The second-order valence-electron chi connectivity index (χ2n) is 20.1. The fourth-order valence-electron chi connectivity index (χ4n) is 11.8. The number of phenols is 4. The topological polar surface area (TPSA) is 80.9 Å². The van der Waals surface area contributed by atoms with Crippen LogP contribution in [0.1, 0.15) is 135 Å². The molecule has 0 bridgehead atoms. The normalized spacial score (nSPS) is 16.8. The molecule has 2 aliphatic rings. The van der Waals surface area contributed by atoms with Crippen LogP contribution in [0.4, 0.5) is 0 Å². The van der Waals surface area contributed by atoms with Crippen molar-refractivity contribution in [2.75, 3.05) is 0 Å². The predicted octanol–water partition coefficient (Wildman–Crippen LogP) is 14.3. The van der Waals surface area contributed by atoms with Crippen molar-refractivity contribution in [2.45, 2.75) is 126 Å². The SMILES string of the molecule is C=CCc1cc(C2(c3ccc(O)c(CC=C)c3)CCC(C(C)(C)c3cccc(C(C)(C)C4CCC(c5ccc(O)c(CC=C)c5)(c5ccc(O)c(CC=C)c5)CC4)c3)CC2)ccc1O. The summed E-state index contributed by atoms with van der Waals surface area (Å²) in [5.74, 6) is 2.10. The summed E-state index contributed by atoms with van der Waals surface area (Å²) in [5, 5.41) is 43.1.